The molecule has 1 aliphatic carbocycles. The molecule has 118 valence electrons. The van der Waals surface area contributed by atoms with Gasteiger partial charge in [0.1, 0.15) is 5.70 Å². The second kappa shape index (κ2) is 5.70. The van der Waals surface area contributed by atoms with Gasteiger partial charge in [-0.1, -0.05) is 29.3 Å². The maximum Gasteiger partial charge on any atom is 0.432 e. The Morgan fingerprint density at radius 3 is 2.55 bits per heavy atom. The van der Waals surface area contributed by atoms with Crippen molar-refractivity contribution in [3.05, 3.63) is 57.9 Å². The van der Waals surface area contributed by atoms with Gasteiger partial charge in [-0.2, -0.15) is 13.2 Å². The molecule has 1 fully saturated rings. The molecule has 1 aliphatic heterocycles. The number of allylic oxidation sites excluding steroid dienone is 3. The molecule has 1 aromatic rings. The maximum absolute atomic E-state index is 12.8. The summed E-state index contributed by atoms with van der Waals surface area (Å²) in [7, 11) is 0. The van der Waals surface area contributed by atoms with Gasteiger partial charge in [0.25, 0.3) is 0 Å². The highest BCUT2D eigenvalue weighted by Crippen LogP contribution is 2.44. The first-order valence-corrected chi connectivity index (χ1v) is 7.57. The van der Waals surface area contributed by atoms with Crippen LogP contribution < -0.4 is 5.43 Å². The zero-order valence-corrected chi connectivity index (χ0v) is 12.9. The number of alkyl halides is 3. The molecular weight excluding hydrogens is 336 g/mol. The summed E-state index contributed by atoms with van der Waals surface area (Å²) in [5.74, 6) is 0.0782. The maximum atomic E-state index is 12.8. The zero-order valence-electron chi connectivity index (χ0n) is 11.4. The fraction of sp³-hybridized carbons (Fsp3) is 0.333. The topological polar surface area (TPSA) is 15.3 Å². The van der Waals surface area contributed by atoms with E-state index in [0.29, 0.717) is 10.0 Å². The SMILES string of the molecule is FC(F)(F)C1=CC=CN([C@H]2CC[C@H]2c2ccc(Cl)cc2Cl)N1. The van der Waals surface area contributed by atoms with Gasteiger partial charge < -0.3 is 0 Å². The normalized spacial score (nSPS) is 24.6. The standard InChI is InChI=1S/C15H13Cl2F3N2/c16-9-3-4-10(12(17)8-9)11-5-6-13(11)22-7-1-2-14(21-22)15(18,19)20/h1-4,7-8,11,13,21H,5-6H2/t11-,13-/m0/s1. The summed E-state index contributed by atoms with van der Waals surface area (Å²) in [6.07, 6.45) is 1.34. The van der Waals surface area contributed by atoms with Gasteiger partial charge in [0.05, 0.1) is 6.04 Å². The number of hydrogen-bond acceptors (Lipinski definition) is 2. The first-order chi connectivity index (χ1) is 10.4. The van der Waals surface area contributed by atoms with Crippen LogP contribution >= 0.6 is 23.2 Å². The van der Waals surface area contributed by atoms with Crippen molar-refractivity contribution in [2.45, 2.75) is 31.0 Å². The third kappa shape index (κ3) is 2.92. The molecule has 1 aromatic carbocycles. The molecule has 0 saturated heterocycles. The van der Waals surface area contributed by atoms with Gasteiger partial charge in [-0.05, 0) is 42.7 Å². The minimum atomic E-state index is -4.39. The molecular formula is C15H13Cl2F3N2. The molecule has 0 radical (unpaired) electrons. The predicted molar refractivity (Wildman–Crippen MR) is 80.5 cm³/mol. The third-order valence-corrected chi connectivity index (χ3v) is 4.58. The fourth-order valence-corrected chi connectivity index (χ4v) is 3.33. The molecule has 0 aromatic heterocycles. The molecule has 0 amide bonds. The van der Waals surface area contributed by atoms with Gasteiger partial charge in [0.2, 0.25) is 0 Å². The van der Waals surface area contributed by atoms with Crippen LogP contribution in [-0.4, -0.2) is 17.2 Å². The lowest BCUT2D eigenvalue weighted by molar-refractivity contribution is -0.106. The minimum Gasteiger partial charge on any atom is -0.294 e. The van der Waals surface area contributed by atoms with E-state index in [1.54, 1.807) is 18.3 Å². The van der Waals surface area contributed by atoms with E-state index >= 15 is 0 Å². The highest BCUT2D eigenvalue weighted by Gasteiger charge is 2.41. The molecule has 3 rings (SSSR count). The third-order valence-electron chi connectivity index (χ3n) is 4.02. The van der Waals surface area contributed by atoms with Gasteiger partial charge in [0, 0.05) is 22.2 Å². The van der Waals surface area contributed by atoms with Crippen molar-refractivity contribution in [1.29, 1.82) is 0 Å². The summed E-state index contributed by atoms with van der Waals surface area (Å²) in [6.45, 7) is 0. The lowest BCUT2D eigenvalue weighted by atomic mass is 9.74. The first-order valence-electron chi connectivity index (χ1n) is 6.82. The van der Waals surface area contributed by atoms with E-state index in [-0.39, 0.29) is 12.0 Å². The van der Waals surface area contributed by atoms with Crippen LogP contribution in [0.25, 0.3) is 0 Å². The summed E-state index contributed by atoms with van der Waals surface area (Å²) >= 11 is 12.1. The first kappa shape index (κ1) is 15.6. The Bertz CT molecular complexity index is 640. The Balaban J connectivity index is 1.77. The summed E-state index contributed by atoms with van der Waals surface area (Å²) in [4.78, 5) is 0. The molecule has 1 heterocycles. The molecule has 0 unspecified atom stereocenters. The van der Waals surface area contributed by atoms with E-state index in [1.807, 2.05) is 6.07 Å². The Labute approximate surface area is 136 Å². The van der Waals surface area contributed by atoms with Crippen molar-refractivity contribution in [2.24, 2.45) is 0 Å². The molecule has 0 spiro atoms. The van der Waals surface area contributed by atoms with E-state index in [0.717, 1.165) is 24.5 Å². The van der Waals surface area contributed by atoms with E-state index in [1.165, 1.54) is 11.1 Å². The van der Waals surface area contributed by atoms with Gasteiger partial charge in [-0.3, -0.25) is 10.4 Å². The van der Waals surface area contributed by atoms with Gasteiger partial charge in [-0.15, -0.1) is 0 Å². The Hall–Kier alpha value is -1.33. The molecule has 2 nitrogen and oxygen atoms in total. The molecule has 22 heavy (non-hydrogen) atoms. The van der Waals surface area contributed by atoms with Crippen molar-refractivity contribution < 1.29 is 13.2 Å². The Morgan fingerprint density at radius 1 is 1.18 bits per heavy atom. The summed E-state index contributed by atoms with van der Waals surface area (Å²) in [5.41, 5.74) is 2.60. The van der Waals surface area contributed by atoms with Gasteiger partial charge in [-0.25, -0.2) is 0 Å². The average Bonchev–Trinajstić information content (AvgIpc) is 2.40. The van der Waals surface area contributed by atoms with Crippen LogP contribution in [0.3, 0.4) is 0 Å². The summed E-state index contributed by atoms with van der Waals surface area (Å²) in [5, 5.41) is 2.61. The van der Waals surface area contributed by atoms with E-state index in [9.17, 15) is 13.2 Å². The average molecular weight is 349 g/mol. The largest absolute Gasteiger partial charge is 0.432 e. The number of hydrogen-bond donors (Lipinski definition) is 1. The number of hydrazine groups is 1. The van der Waals surface area contributed by atoms with Crippen LogP contribution in [0.1, 0.15) is 24.3 Å². The van der Waals surface area contributed by atoms with Crippen LogP contribution in [0.2, 0.25) is 10.0 Å². The number of rotatable bonds is 2. The highest BCUT2D eigenvalue weighted by molar-refractivity contribution is 6.35. The van der Waals surface area contributed by atoms with E-state index in [2.05, 4.69) is 5.43 Å². The lowest BCUT2D eigenvalue weighted by Crippen LogP contribution is -2.51. The van der Waals surface area contributed by atoms with Gasteiger partial charge in [0.15, 0.2) is 0 Å². The summed E-state index contributed by atoms with van der Waals surface area (Å²) in [6, 6.07) is 5.18. The zero-order chi connectivity index (χ0) is 15.9. The molecule has 1 saturated carbocycles. The minimum absolute atomic E-state index is 0.0685. The second-order valence-electron chi connectivity index (χ2n) is 5.36. The molecule has 0 bridgehead atoms. The van der Waals surface area contributed by atoms with Crippen LogP contribution in [0.5, 0.6) is 0 Å². The monoisotopic (exact) mass is 348 g/mol. The highest BCUT2D eigenvalue weighted by atomic mass is 35.5. The number of nitrogens with one attached hydrogen (secondary N) is 1. The van der Waals surface area contributed by atoms with Crippen molar-refractivity contribution in [1.82, 2.24) is 10.4 Å². The van der Waals surface area contributed by atoms with Crippen LogP contribution in [0.15, 0.2) is 42.2 Å². The second-order valence-corrected chi connectivity index (χ2v) is 6.20. The number of nitrogens with zero attached hydrogens (tertiary/aromatic N) is 1. The lowest BCUT2D eigenvalue weighted by Gasteiger charge is -2.45. The quantitative estimate of drug-likeness (QED) is 0.807. The molecule has 7 heteroatoms. The molecule has 1 N–H and O–H groups in total. The van der Waals surface area contributed by atoms with Crippen LogP contribution in [0, 0.1) is 0 Å². The van der Waals surface area contributed by atoms with Crippen molar-refractivity contribution >= 4 is 23.2 Å². The Morgan fingerprint density at radius 2 is 1.95 bits per heavy atom. The van der Waals surface area contributed by atoms with Crippen molar-refractivity contribution in [3.63, 3.8) is 0 Å². The molecule has 2 atom stereocenters. The van der Waals surface area contributed by atoms with E-state index < -0.39 is 11.9 Å². The number of benzene rings is 1. The summed E-state index contributed by atoms with van der Waals surface area (Å²) < 4.78 is 38.4. The fourth-order valence-electron chi connectivity index (χ4n) is 2.78. The number of halogens is 5. The van der Waals surface area contributed by atoms with Crippen molar-refractivity contribution in [3.8, 4) is 0 Å². The molecule has 2 aliphatic rings. The Kier molecular flexibility index (Phi) is 4.03. The smallest absolute Gasteiger partial charge is 0.294 e. The predicted octanol–water partition coefficient (Wildman–Crippen LogP) is 5.02. The van der Waals surface area contributed by atoms with E-state index in [4.69, 9.17) is 23.2 Å². The van der Waals surface area contributed by atoms with Crippen molar-refractivity contribution in [2.75, 3.05) is 0 Å². The van der Waals surface area contributed by atoms with Crippen LogP contribution in [0.4, 0.5) is 13.2 Å². The van der Waals surface area contributed by atoms with Gasteiger partial charge >= 0.3 is 6.18 Å². The van der Waals surface area contributed by atoms with Crippen LogP contribution in [-0.2, 0) is 0 Å².